The highest BCUT2D eigenvalue weighted by Gasteiger charge is 2.19. The second-order valence-corrected chi connectivity index (χ2v) is 5.22. The van der Waals surface area contributed by atoms with E-state index in [0.29, 0.717) is 11.3 Å². The predicted octanol–water partition coefficient (Wildman–Crippen LogP) is 2.79. The summed E-state index contributed by atoms with van der Waals surface area (Å²) in [6.45, 7) is 4.96. The Labute approximate surface area is 119 Å². The molecule has 20 heavy (non-hydrogen) atoms. The molecule has 0 saturated carbocycles. The number of rotatable bonds is 3. The van der Waals surface area contributed by atoms with Crippen LogP contribution in [0.5, 0.6) is 0 Å². The van der Waals surface area contributed by atoms with Crippen LogP contribution in [-0.2, 0) is 0 Å². The van der Waals surface area contributed by atoms with Crippen LogP contribution >= 0.6 is 11.8 Å². The van der Waals surface area contributed by atoms with Crippen LogP contribution in [0.2, 0.25) is 0 Å². The van der Waals surface area contributed by atoms with Gasteiger partial charge in [0.15, 0.2) is 5.82 Å². The van der Waals surface area contributed by atoms with Gasteiger partial charge >= 0.3 is 5.97 Å². The number of aromatic nitrogens is 3. The van der Waals surface area contributed by atoms with Crippen molar-refractivity contribution in [3.63, 3.8) is 0 Å². The van der Waals surface area contributed by atoms with Crippen molar-refractivity contribution in [3.05, 3.63) is 40.7 Å². The van der Waals surface area contributed by atoms with Crippen molar-refractivity contribution in [1.82, 2.24) is 15.0 Å². The summed E-state index contributed by atoms with van der Waals surface area (Å²) in [6.07, 6.45) is 1.24. The molecule has 2 heterocycles. The van der Waals surface area contributed by atoms with Crippen molar-refractivity contribution in [2.24, 2.45) is 0 Å². The number of aryl methyl sites for hydroxylation is 3. The van der Waals surface area contributed by atoms with Crippen LogP contribution in [0.15, 0.2) is 22.4 Å². The van der Waals surface area contributed by atoms with Crippen LogP contribution in [-0.4, -0.2) is 26.0 Å². The van der Waals surface area contributed by atoms with Gasteiger partial charge in [0.2, 0.25) is 0 Å². The molecular formula is C13H12FN3O2S. The second kappa shape index (κ2) is 5.54. The van der Waals surface area contributed by atoms with E-state index in [1.807, 2.05) is 0 Å². The number of carboxylic acid groups (broad SMARTS) is 1. The molecule has 1 N–H and O–H groups in total. The van der Waals surface area contributed by atoms with E-state index < -0.39 is 11.8 Å². The van der Waals surface area contributed by atoms with Crippen LogP contribution in [0, 0.1) is 26.6 Å². The van der Waals surface area contributed by atoms with Gasteiger partial charge in [0.25, 0.3) is 0 Å². The van der Waals surface area contributed by atoms with E-state index in [-0.39, 0.29) is 21.3 Å². The summed E-state index contributed by atoms with van der Waals surface area (Å²) >= 11 is 0.894. The van der Waals surface area contributed by atoms with Crippen molar-refractivity contribution >= 4 is 17.7 Å². The monoisotopic (exact) mass is 293 g/mol. The first-order valence-corrected chi connectivity index (χ1v) is 6.58. The minimum Gasteiger partial charge on any atom is -0.478 e. The highest BCUT2D eigenvalue weighted by atomic mass is 32.2. The molecule has 2 aromatic heterocycles. The van der Waals surface area contributed by atoms with Crippen LogP contribution in [0.1, 0.15) is 27.3 Å². The number of carbonyl (C=O) groups is 1. The molecule has 0 amide bonds. The third-order valence-electron chi connectivity index (χ3n) is 2.65. The number of halogens is 1. The molecule has 2 aromatic rings. The smallest absolute Gasteiger partial charge is 0.338 e. The second-order valence-electron chi connectivity index (χ2n) is 4.25. The van der Waals surface area contributed by atoms with Crippen molar-refractivity contribution < 1.29 is 14.3 Å². The Morgan fingerprint density at radius 3 is 2.60 bits per heavy atom. The zero-order chi connectivity index (χ0) is 14.9. The number of nitrogens with zero attached hydrogens (tertiary/aromatic N) is 3. The number of aromatic carboxylic acids is 1. The summed E-state index contributed by atoms with van der Waals surface area (Å²) in [6, 6.07) is 1.68. The molecular weight excluding hydrogens is 281 g/mol. The topological polar surface area (TPSA) is 76.0 Å². The Balaban J connectivity index is 2.53. The molecule has 0 radical (unpaired) electrons. The summed E-state index contributed by atoms with van der Waals surface area (Å²) in [7, 11) is 0. The minimum absolute atomic E-state index is 0.0660. The van der Waals surface area contributed by atoms with Crippen molar-refractivity contribution in [1.29, 1.82) is 0 Å². The lowest BCUT2D eigenvalue weighted by atomic mass is 10.1. The lowest BCUT2D eigenvalue weighted by Crippen LogP contribution is -2.06. The number of hydrogen-bond acceptors (Lipinski definition) is 5. The Morgan fingerprint density at radius 2 is 1.95 bits per heavy atom. The molecule has 0 aliphatic carbocycles. The van der Waals surface area contributed by atoms with Gasteiger partial charge < -0.3 is 5.11 Å². The maximum atomic E-state index is 13.9. The maximum absolute atomic E-state index is 13.9. The predicted molar refractivity (Wildman–Crippen MR) is 71.5 cm³/mol. The lowest BCUT2D eigenvalue weighted by Gasteiger charge is -2.09. The summed E-state index contributed by atoms with van der Waals surface area (Å²) in [5.41, 5.74) is 1.53. The fourth-order valence-corrected chi connectivity index (χ4v) is 2.80. The zero-order valence-corrected chi connectivity index (χ0v) is 12.0. The van der Waals surface area contributed by atoms with E-state index in [4.69, 9.17) is 0 Å². The van der Waals surface area contributed by atoms with Gasteiger partial charge in [-0.3, -0.25) is 0 Å². The summed E-state index contributed by atoms with van der Waals surface area (Å²) in [5.74, 6) is -1.65. The molecule has 0 spiro atoms. The molecule has 0 bridgehead atoms. The van der Waals surface area contributed by atoms with Crippen molar-refractivity contribution in [2.75, 3.05) is 0 Å². The third-order valence-corrected chi connectivity index (χ3v) is 3.62. The van der Waals surface area contributed by atoms with Gasteiger partial charge in [-0.05, 0) is 44.2 Å². The Hall–Kier alpha value is -2.02. The third kappa shape index (κ3) is 2.77. The van der Waals surface area contributed by atoms with E-state index in [2.05, 4.69) is 15.0 Å². The molecule has 0 saturated heterocycles. The highest BCUT2D eigenvalue weighted by Crippen LogP contribution is 2.31. The average molecular weight is 293 g/mol. The summed E-state index contributed by atoms with van der Waals surface area (Å²) in [5, 5.41) is 9.56. The van der Waals surface area contributed by atoms with Crippen LogP contribution < -0.4 is 0 Å². The number of carboxylic acids is 1. The Morgan fingerprint density at radius 1 is 1.25 bits per heavy atom. The Kier molecular flexibility index (Phi) is 3.99. The molecule has 7 heteroatoms. The van der Waals surface area contributed by atoms with E-state index in [0.717, 1.165) is 11.8 Å². The maximum Gasteiger partial charge on any atom is 0.338 e. The summed E-state index contributed by atoms with van der Waals surface area (Å²) < 4.78 is 13.9. The molecule has 2 rings (SSSR count). The molecule has 0 aromatic carbocycles. The first kappa shape index (κ1) is 14.4. The van der Waals surface area contributed by atoms with Gasteiger partial charge in [0.1, 0.15) is 16.4 Å². The van der Waals surface area contributed by atoms with Crippen molar-refractivity contribution in [3.8, 4) is 0 Å². The molecule has 0 fully saturated rings. The fraction of sp³-hybridized carbons (Fsp3) is 0.231. The molecule has 0 unspecified atom stereocenters. The SMILES string of the molecule is Cc1cc(C)c(C(=O)O)c(Sc2ncnc(C)c2F)n1. The normalized spacial score (nSPS) is 10.6. The Bertz CT molecular complexity index is 692. The standard InChI is InChI=1S/C13H12FN3O2S/c1-6-4-7(2)17-11(9(6)13(18)19)20-12-10(14)8(3)15-5-16-12/h4-5H,1-3H3,(H,18,19). The van der Waals surface area contributed by atoms with Gasteiger partial charge in [0, 0.05) is 5.69 Å². The average Bonchev–Trinajstić information content (AvgIpc) is 2.33. The van der Waals surface area contributed by atoms with Crippen LogP contribution in [0.25, 0.3) is 0 Å². The van der Waals surface area contributed by atoms with Gasteiger partial charge in [-0.25, -0.2) is 24.1 Å². The summed E-state index contributed by atoms with van der Waals surface area (Å²) in [4.78, 5) is 23.1. The molecule has 0 aliphatic rings. The highest BCUT2D eigenvalue weighted by molar-refractivity contribution is 7.99. The lowest BCUT2D eigenvalue weighted by molar-refractivity contribution is 0.0691. The first-order valence-electron chi connectivity index (χ1n) is 5.76. The zero-order valence-electron chi connectivity index (χ0n) is 11.1. The minimum atomic E-state index is -1.09. The van der Waals surface area contributed by atoms with E-state index in [1.54, 1.807) is 19.9 Å². The molecule has 104 valence electrons. The van der Waals surface area contributed by atoms with Gasteiger partial charge in [-0.1, -0.05) is 0 Å². The molecule has 0 aliphatic heterocycles. The first-order chi connectivity index (χ1) is 9.40. The number of hydrogen-bond donors (Lipinski definition) is 1. The van der Waals surface area contributed by atoms with Crippen LogP contribution in [0.3, 0.4) is 0 Å². The number of pyridine rings is 1. The van der Waals surface area contributed by atoms with E-state index >= 15 is 0 Å². The van der Waals surface area contributed by atoms with Crippen molar-refractivity contribution in [2.45, 2.75) is 30.8 Å². The molecule has 0 atom stereocenters. The van der Waals surface area contributed by atoms with E-state index in [9.17, 15) is 14.3 Å². The fourth-order valence-electron chi connectivity index (χ4n) is 1.74. The van der Waals surface area contributed by atoms with Gasteiger partial charge in [-0.15, -0.1) is 0 Å². The molecule has 5 nitrogen and oxygen atoms in total. The largest absolute Gasteiger partial charge is 0.478 e. The van der Waals surface area contributed by atoms with Crippen LogP contribution in [0.4, 0.5) is 4.39 Å². The van der Waals surface area contributed by atoms with E-state index in [1.165, 1.54) is 13.3 Å². The quantitative estimate of drug-likeness (QED) is 0.877. The van der Waals surface area contributed by atoms with Gasteiger partial charge in [0.05, 0.1) is 11.3 Å². The van der Waals surface area contributed by atoms with Gasteiger partial charge in [-0.2, -0.15) is 0 Å².